The molecule has 0 atom stereocenters. The van der Waals surface area contributed by atoms with E-state index in [2.05, 4.69) is 86.1 Å². The quantitative estimate of drug-likeness (QED) is 0.862. The summed E-state index contributed by atoms with van der Waals surface area (Å²) in [6.07, 6.45) is 0. The zero-order chi connectivity index (χ0) is 12.4. The first-order chi connectivity index (χ1) is 8.08. The van der Waals surface area contributed by atoms with Crippen molar-refractivity contribution in [3.8, 4) is 0 Å². The molecule has 0 unspecified atom stereocenters. The standard InChI is InChI=1S/C13H14Br2N2/c1-9-3-4-10(2)17(9)16-8-11-5-6-12(14)13(15)7-11/h3-7,16H,8H2,1-2H3. The maximum absolute atomic E-state index is 3.51. The van der Waals surface area contributed by atoms with E-state index in [1.165, 1.54) is 17.0 Å². The lowest BCUT2D eigenvalue weighted by molar-refractivity contribution is 0.792. The Bertz CT molecular complexity index is 513. The molecule has 2 nitrogen and oxygen atoms in total. The number of nitrogens with zero attached hydrogens (tertiary/aromatic N) is 1. The van der Waals surface area contributed by atoms with Gasteiger partial charge in [0, 0.05) is 20.3 Å². The van der Waals surface area contributed by atoms with E-state index >= 15 is 0 Å². The van der Waals surface area contributed by atoms with Gasteiger partial charge in [0.15, 0.2) is 0 Å². The van der Waals surface area contributed by atoms with Crippen LogP contribution < -0.4 is 5.43 Å². The topological polar surface area (TPSA) is 17.0 Å². The minimum Gasteiger partial charge on any atom is -0.322 e. The molecule has 0 spiro atoms. The Morgan fingerprint density at radius 3 is 2.24 bits per heavy atom. The van der Waals surface area contributed by atoms with Crippen LogP contribution in [-0.4, -0.2) is 4.68 Å². The van der Waals surface area contributed by atoms with Crippen LogP contribution in [0.15, 0.2) is 39.3 Å². The zero-order valence-electron chi connectivity index (χ0n) is 9.80. The fraction of sp³-hybridized carbons (Fsp3) is 0.231. The summed E-state index contributed by atoms with van der Waals surface area (Å²) in [5, 5.41) is 0. The number of hydrogen-bond acceptors (Lipinski definition) is 1. The summed E-state index contributed by atoms with van der Waals surface area (Å²) in [5.74, 6) is 0. The maximum atomic E-state index is 3.51. The molecule has 1 heterocycles. The van der Waals surface area contributed by atoms with E-state index in [4.69, 9.17) is 0 Å². The zero-order valence-corrected chi connectivity index (χ0v) is 13.0. The highest BCUT2D eigenvalue weighted by Gasteiger charge is 2.01. The van der Waals surface area contributed by atoms with Gasteiger partial charge in [-0.05, 0) is 75.5 Å². The van der Waals surface area contributed by atoms with Crippen LogP contribution in [0.1, 0.15) is 17.0 Å². The van der Waals surface area contributed by atoms with Crippen LogP contribution in [-0.2, 0) is 6.54 Å². The number of benzene rings is 1. The molecule has 1 aromatic carbocycles. The average molecular weight is 358 g/mol. The molecular formula is C13H14Br2N2. The van der Waals surface area contributed by atoms with Crippen LogP contribution in [0.5, 0.6) is 0 Å². The Hall–Kier alpha value is -0.740. The Labute approximate surface area is 118 Å². The van der Waals surface area contributed by atoms with E-state index < -0.39 is 0 Å². The predicted octanol–water partition coefficient (Wildman–Crippen LogP) is 4.37. The molecule has 90 valence electrons. The van der Waals surface area contributed by atoms with Gasteiger partial charge in [-0.25, -0.2) is 0 Å². The molecule has 0 aliphatic carbocycles. The molecule has 2 aromatic rings. The molecule has 2 rings (SSSR count). The second-order valence-electron chi connectivity index (χ2n) is 4.03. The molecular weight excluding hydrogens is 344 g/mol. The van der Waals surface area contributed by atoms with Gasteiger partial charge >= 0.3 is 0 Å². The van der Waals surface area contributed by atoms with Crippen LogP contribution in [0.4, 0.5) is 0 Å². The summed E-state index contributed by atoms with van der Waals surface area (Å²) in [5.41, 5.74) is 7.09. The van der Waals surface area contributed by atoms with Gasteiger partial charge in [-0.15, -0.1) is 0 Å². The van der Waals surface area contributed by atoms with Crippen LogP contribution in [0, 0.1) is 13.8 Å². The lowest BCUT2D eigenvalue weighted by atomic mass is 10.2. The fourth-order valence-electron chi connectivity index (χ4n) is 1.74. The minimum atomic E-state index is 0.808. The highest BCUT2D eigenvalue weighted by atomic mass is 79.9. The van der Waals surface area contributed by atoms with Crippen LogP contribution >= 0.6 is 31.9 Å². The molecule has 1 aromatic heterocycles. The monoisotopic (exact) mass is 356 g/mol. The molecule has 1 N–H and O–H groups in total. The van der Waals surface area contributed by atoms with Gasteiger partial charge in [0.2, 0.25) is 0 Å². The van der Waals surface area contributed by atoms with Crippen LogP contribution in [0.2, 0.25) is 0 Å². The third-order valence-corrected chi connectivity index (χ3v) is 4.58. The Kier molecular flexibility index (Phi) is 3.94. The SMILES string of the molecule is Cc1ccc(C)n1NCc1ccc(Br)c(Br)c1. The summed E-state index contributed by atoms with van der Waals surface area (Å²) < 4.78 is 4.27. The first-order valence-corrected chi connectivity index (χ1v) is 6.99. The van der Waals surface area contributed by atoms with Crippen LogP contribution in [0.3, 0.4) is 0 Å². The van der Waals surface area contributed by atoms with Gasteiger partial charge in [-0.2, -0.15) is 0 Å². The normalized spacial score (nSPS) is 10.6. The summed E-state index contributed by atoms with van der Waals surface area (Å²) in [6, 6.07) is 10.5. The van der Waals surface area contributed by atoms with Crippen LogP contribution in [0.25, 0.3) is 0 Å². The predicted molar refractivity (Wildman–Crippen MR) is 78.8 cm³/mol. The molecule has 0 saturated heterocycles. The molecule has 0 fully saturated rings. The third-order valence-electron chi connectivity index (χ3n) is 2.70. The van der Waals surface area contributed by atoms with E-state index in [1.54, 1.807) is 0 Å². The van der Waals surface area contributed by atoms with E-state index in [0.29, 0.717) is 0 Å². The molecule has 0 radical (unpaired) electrons. The van der Waals surface area contributed by atoms with Crippen molar-refractivity contribution in [3.63, 3.8) is 0 Å². The summed E-state index contributed by atoms with van der Waals surface area (Å²) in [6.45, 7) is 5.00. The Balaban J connectivity index is 2.10. The lowest BCUT2D eigenvalue weighted by Crippen LogP contribution is -2.16. The molecule has 0 bridgehead atoms. The molecule has 17 heavy (non-hydrogen) atoms. The van der Waals surface area contributed by atoms with Crippen molar-refractivity contribution in [1.29, 1.82) is 0 Å². The van der Waals surface area contributed by atoms with Gasteiger partial charge in [-0.1, -0.05) is 6.07 Å². The van der Waals surface area contributed by atoms with E-state index in [0.717, 1.165) is 15.5 Å². The molecule has 0 aliphatic rings. The Morgan fingerprint density at radius 2 is 1.65 bits per heavy atom. The smallest absolute Gasteiger partial charge is 0.0564 e. The van der Waals surface area contributed by atoms with Crippen molar-refractivity contribution >= 4 is 31.9 Å². The van der Waals surface area contributed by atoms with Gasteiger partial charge < -0.3 is 5.43 Å². The van der Waals surface area contributed by atoms with E-state index in [1.807, 2.05) is 0 Å². The van der Waals surface area contributed by atoms with Gasteiger partial charge in [0.1, 0.15) is 0 Å². The minimum absolute atomic E-state index is 0.808. The summed E-state index contributed by atoms with van der Waals surface area (Å²) in [7, 11) is 0. The highest BCUT2D eigenvalue weighted by Crippen LogP contribution is 2.23. The number of aromatic nitrogens is 1. The van der Waals surface area contributed by atoms with Gasteiger partial charge in [0.05, 0.1) is 6.54 Å². The van der Waals surface area contributed by atoms with Gasteiger partial charge in [-0.3, -0.25) is 4.68 Å². The van der Waals surface area contributed by atoms with Gasteiger partial charge in [0.25, 0.3) is 0 Å². The van der Waals surface area contributed by atoms with Crippen molar-refractivity contribution in [1.82, 2.24) is 4.68 Å². The third kappa shape index (κ3) is 2.93. The van der Waals surface area contributed by atoms with Crippen molar-refractivity contribution in [2.75, 3.05) is 5.43 Å². The number of halogens is 2. The fourth-order valence-corrected chi connectivity index (χ4v) is 2.41. The highest BCUT2D eigenvalue weighted by molar-refractivity contribution is 9.13. The largest absolute Gasteiger partial charge is 0.322 e. The molecule has 0 aliphatic heterocycles. The Morgan fingerprint density at radius 1 is 1.00 bits per heavy atom. The molecule has 0 saturated carbocycles. The summed E-state index contributed by atoms with van der Waals surface area (Å²) >= 11 is 6.98. The van der Waals surface area contributed by atoms with Crippen molar-refractivity contribution in [2.45, 2.75) is 20.4 Å². The maximum Gasteiger partial charge on any atom is 0.0564 e. The second kappa shape index (κ2) is 5.27. The van der Waals surface area contributed by atoms with Crippen molar-refractivity contribution in [3.05, 3.63) is 56.2 Å². The van der Waals surface area contributed by atoms with E-state index in [-0.39, 0.29) is 0 Å². The molecule has 0 amide bonds. The lowest BCUT2D eigenvalue weighted by Gasteiger charge is -2.13. The van der Waals surface area contributed by atoms with E-state index in [9.17, 15) is 0 Å². The number of hydrogen-bond donors (Lipinski definition) is 1. The molecule has 4 heteroatoms. The summed E-state index contributed by atoms with van der Waals surface area (Å²) in [4.78, 5) is 0. The number of aryl methyl sites for hydroxylation is 2. The average Bonchev–Trinajstić information content (AvgIpc) is 2.61. The number of rotatable bonds is 3. The second-order valence-corrected chi connectivity index (χ2v) is 5.74. The first-order valence-electron chi connectivity index (χ1n) is 5.40. The van der Waals surface area contributed by atoms with Crippen molar-refractivity contribution in [2.24, 2.45) is 0 Å². The number of nitrogens with one attached hydrogen (secondary N) is 1. The van der Waals surface area contributed by atoms with Crippen molar-refractivity contribution < 1.29 is 0 Å². The first kappa shape index (κ1) is 12.7.